The molecule has 0 aromatic heterocycles. The first kappa shape index (κ1) is 13.0. The van der Waals surface area contributed by atoms with Crippen molar-refractivity contribution in [3.05, 3.63) is 35.9 Å². The van der Waals surface area contributed by atoms with Crippen LogP contribution in [0.5, 0.6) is 0 Å². The predicted molar refractivity (Wildman–Crippen MR) is 64.9 cm³/mol. The van der Waals surface area contributed by atoms with E-state index in [0.29, 0.717) is 5.56 Å². The number of hydrogen-bond donors (Lipinski definition) is 3. The molecule has 1 saturated heterocycles. The molecule has 1 fully saturated rings. The highest BCUT2D eigenvalue weighted by molar-refractivity contribution is 5.94. The second kappa shape index (κ2) is 5.48. The van der Waals surface area contributed by atoms with Crippen molar-refractivity contribution in [3.63, 3.8) is 0 Å². The highest BCUT2D eigenvalue weighted by atomic mass is 16.6. The number of carbonyl (C=O) groups is 1. The van der Waals surface area contributed by atoms with E-state index in [1.54, 1.807) is 31.2 Å². The topological polar surface area (TPSA) is 78.8 Å². The van der Waals surface area contributed by atoms with E-state index < -0.39 is 24.5 Å². The van der Waals surface area contributed by atoms with Gasteiger partial charge < -0.3 is 20.3 Å². The van der Waals surface area contributed by atoms with E-state index in [1.807, 2.05) is 6.07 Å². The van der Waals surface area contributed by atoms with Crippen molar-refractivity contribution in [2.24, 2.45) is 0 Å². The zero-order valence-electron chi connectivity index (χ0n) is 10.1. The lowest BCUT2D eigenvalue weighted by Gasteiger charge is -2.36. The molecule has 0 unspecified atom stereocenters. The number of aliphatic hydroxyl groups excluding tert-OH is 2. The van der Waals surface area contributed by atoms with Gasteiger partial charge in [0.1, 0.15) is 6.10 Å². The van der Waals surface area contributed by atoms with Gasteiger partial charge in [0, 0.05) is 12.0 Å². The Kier molecular flexibility index (Phi) is 3.96. The minimum atomic E-state index is -0.954. The molecule has 1 amide bonds. The fourth-order valence-electron chi connectivity index (χ4n) is 2.05. The summed E-state index contributed by atoms with van der Waals surface area (Å²) < 4.78 is 5.07. The van der Waals surface area contributed by atoms with Crippen molar-refractivity contribution in [1.29, 1.82) is 0 Å². The molecule has 1 aromatic carbocycles. The smallest absolute Gasteiger partial charge is 0.251 e. The number of benzene rings is 1. The summed E-state index contributed by atoms with van der Waals surface area (Å²) in [6, 6.07) is 8.25. The number of ether oxygens (including phenoxy) is 1. The molecule has 18 heavy (non-hydrogen) atoms. The van der Waals surface area contributed by atoms with Crippen molar-refractivity contribution in [2.75, 3.05) is 0 Å². The summed E-state index contributed by atoms with van der Waals surface area (Å²) >= 11 is 0. The maximum Gasteiger partial charge on any atom is 0.251 e. The van der Waals surface area contributed by atoms with E-state index in [4.69, 9.17) is 4.74 Å². The normalized spacial score (nSPS) is 31.9. The minimum Gasteiger partial charge on any atom is -0.388 e. The molecule has 0 aliphatic carbocycles. The SMILES string of the molecule is C[C@H]1O[C@@H](O)C[C@@H](NC(=O)c2ccccc2)[C@@H]1O. The lowest BCUT2D eigenvalue weighted by molar-refractivity contribution is -0.201. The molecule has 0 bridgehead atoms. The summed E-state index contributed by atoms with van der Waals surface area (Å²) in [5.41, 5.74) is 0.526. The van der Waals surface area contributed by atoms with E-state index in [1.165, 1.54) is 0 Å². The Morgan fingerprint density at radius 1 is 1.33 bits per heavy atom. The van der Waals surface area contributed by atoms with Crippen molar-refractivity contribution in [2.45, 2.75) is 37.9 Å². The van der Waals surface area contributed by atoms with Crippen LogP contribution in [0, 0.1) is 0 Å². The van der Waals surface area contributed by atoms with Crippen LogP contribution in [0.3, 0.4) is 0 Å². The third kappa shape index (κ3) is 2.87. The lowest BCUT2D eigenvalue weighted by atomic mass is 9.99. The maximum atomic E-state index is 11.9. The van der Waals surface area contributed by atoms with Gasteiger partial charge in [-0.05, 0) is 19.1 Å². The molecule has 5 nitrogen and oxygen atoms in total. The molecule has 5 heteroatoms. The third-order valence-corrected chi connectivity index (χ3v) is 3.07. The Hall–Kier alpha value is -1.43. The summed E-state index contributed by atoms with van der Waals surface area (Å²) in [5.74, 6) is -0.263. The second-order valence-corrected chi connectivity index (χ2v) is 4.47. The Balaban J connectivity index is 2.02. The van der Waals surface area contributed by atoms with E-state index in [9.17, 15) is 15.0 Å². The first-order valence-electron chi connectivity index (χ1n) is 5.95. The standard InChI is InChI=1S/C13H17NO4/c1-8-12(16)10(7-11(15)18-8)14-13(17)9-5-3-2-4-6-9/h2-6,8,10-12,15-16H,7H2,1H3,(H,14,17)/t8-,10-,11-,12-/m1/s1. The largest absolute Gasteiger partial charge is 0.388 e. The monoisotopic (exact) mass is 251 g/mol. The molecule has 2 rings (SSSR count). The fourth-order valence-corrected chi connectivity index (χ4v) is 2.05. The van der Waals surface area contributed by atoms with Gasteiger partial charge in [0.25, 0.3) is 5.91 Å². The molecule has 1 aliphatic rings. The van der Waals surface area contributed by atoms with E-state index >= 15 is 0 Å². The summed E-state index contributed by atoms with van der Waals surface area (Å²) in [6.07, 6.45) is -2.09. The third-order valence-electron chi connectivity index (χ3n) is 3.07. The van der Waals surface area contributed by atoms with Crippen LogP contribution >= 0.6 is 0 Å². The van der Waals surface area contributed by atoms with Gasteiger partial charge >= 0.3 is 0 Å². The van der Waals surface area contributed by atoms with Crippen LogP contribution < -0.4 is 5.32 Å². The van der Waals surface area contributed by atoms with Gasteiger partial charge in [0.05, 0.1) is 12.1 Å². The van der Waals surface area contributed by atoms with Crippen LogP contribution in [0.25, 0.3) is 0 Å². The van der Waals surface area contributed by atoms with Crippen molar-refractivity contribution in [3.8, 4) is 0 Å². The summed E-state index contributed by atoms with van der Waals surface area (Å²) in [5, 5.41) is 22.1. The van der Waals surface area contributed by atoms with Gasteiger partial charge in [-0.3, -0.25) is 4.79 Å². The highest BCUT2D eigenvalue weighted by Crippen LogP contribution is 2.19. The van der Waals surface area contributed by atoms with Gasteiger partial charge in [0.2, 0.25) is 0 Å². The Bertz CT molecular complexity index is 409. The molecular weight excluding hydrogens is 234 g/mol. The zero-order valence-corrected chi connectivity index (χ0v) is 10.1. The number of rotatable bonds is 2. The van der Waals surface area contributed by atoms with Gasteiger partial charge in [-0.2, -0.15) is 0 Å². The van der Waals surface area contributed by atoms with Crippen molar-refractivity contribution >= 4 is 5.91 Å². The summed E-state index contributed by atoms with van der Waals surface area (Å²) in [4.78, 5) is 11.9. The van der Waals surface area contributed by atoms with E-state index in [2.05, 4.69) is 5.32 Å². The van der Waals surface area contributed by atoms with Gasteiger partial charge in [0.15, 0.2) is 6.29 Å². The average molecular weight is 251 g/mol. The molecule has 3 N–H and O–H groups in total. The number of carbonyl (C=O) groups excluding carboxylic acids is 1. The van der Waals surface area contributed by atoms with Crippen LogP contribution in [0.15, 0.2) is 30.3 Å². The van der Waals surface area contributed by atoms with Gasteiger partial charge in [-0.15, -0.1) is 0 Å². The molecule has 1 aromatic rings. The first-order chi connectivity index (χ1) is 8.58. The second-order valence-electron chi connectivity index (χ2n) is 4.47. The lowest BCUT2D eigenvalue weighted by Crippen LogP contribution is -2.54. The van der Waals surface area contributed by atoms with Gasteiger partial charge in [-0.25, -0.2) is 0 Å². The van der Waals surface area contributed by atoms with Crippen LogP contribution in [0.2, 0.25) is 0 Å². The Morgan fingerprint density at radius 3 is 2.67 bits per heavy atom. The highest BCUT2D eigenvalue weighted by Gasteiger charge is 2.35. The number of amides is 1. The van der Waals surface area contributed by atoms with Crippen molar-refractivity contribution < 1.29 is 19.7 Å². The summed E-state index contributed by atoms with van der Waals surface area (Å²) in [7, 11) is 0. The van der Waals surface area contributed by atoms with Crippen molar-refractivity contribution in [1.82, 2.24) is 5.32 Å². The number of nitrogens with one attached hydrogen (secondary N) is 1. The fraction of sp³-hybridized carbons (Fsp3) is 0.462. The Morgan fingerprint density at radius 2 is 2.00 bits per heavy atom. The van der Waals surface area contributed by atoms with E-state index in [-0.39, 0.29) is 12.3 Å². The average Bonchev–Trinajstić information content (AvgIpc) is 2.36. The quantitative estimate of drug-likeness (QED) is 0.705. The van der Waals surface area contributed by atoms with Crippen LogP contribution in [0.4, 0.5) is 0 Å². The molecule has 1 heterocycles. The molecule has 0 spiro atoms. The number of hydrogen-bond acceptors (Lipinski definition) is 4. The minimum absolute atomic E-state index is 0.185. The zero-order chi connectivity index (χ0) is 13.1. The van der Waals surface area contributed by atoms with Crippen LogP contribution in [-0.4, -0.2) is 40.7 Å². The molecule has 98 valence electrons. The maximum absolute atomic E-state index is 11.9. The summed E-state index contributed by atoms with van der Waals surface area (Å²) in [6.45, 7) is 1.66. The van der Waals surface area contributed by atoms with Crippen LogP contribution in [0.1, 0.15) is 23.7 Å². The molecule has 0 saturated carbocycles. The number of aliphatic hydroxyl groups is 2. The predicted octanol–water partition coefficient (Wildman–Crippen LogP) is 0.273. The molecule has 0 radical (unpaired) electrons. The molecular formula is C13H17NO4. The molecule has 4 atom stereocenters. The first-order valence-corrected chi connectivity index (χ1v) is 5.95. The van der Waals surface area contributed by atoms with Gasteiger partial charge in [-0.1, -0.05) is 18.2 Å². The van der Waals surface area contributed by atoms with E-state index in [0.717, 1.165) is 0 Å². The Labute approximate surface area is 105 Å². The van der Waals surface area contributed by atoms with Crippen LogP contribution in [-0.2, 0) is 4.74 Å². The molecule has 1 aliphatic heterocycles.